The summed E-state index contributed by atoms with van der Waals surface area (Å²) in [5, 5.41) is 4.73. The second kappa shape index (κ2) is 4.95. The van der Waals surface area contributed by atoms with Crippen LogP contribution < -0.4 is 5.73 Å². The number of carbonyl (C=O) groups is 1. The van der Waals surface area contributed by atoms with Crippen molar-refractivity contribution < 1.29 is 4.79 Å². The molecule has 0 radical (unpaired) electrons. The van der Waals surface area contributed by atoms with E-state index in [1.807, 2.05) is 14.0 Å². The van der Waals surface area contributed by atoms with E-state index in [-0.39, 0.29) is 11.9 Å². The fourth-order valence-corrected chi connectivity index (χ4v) is 2.84. The predicted octanol–water partition coefficient (Wildman–Crippen LogP) is 0.978. The monoisotopic (exact) mass is 292 g/mol. The summed E-state index contributed by atoms with van der Waals surface area (Å²) in [4.78, 5) is 23.0. The van der Waals surface area contributed by atoms with Gasteiger partial charge in [-0.05, 0) is 19.8 Å². The van der Waals surface area contributed by atoms with Gasteiger partial charge in [-0.15, -0.1) is 0 Å². The maximum absolute atomic E-state index is 12.3. The van der Waals surface area contributed by atoms with Crippen molar-refractivity contribution in [2.75, 3.05) is 7.05 Å². The van der Waals surface area contributed by atoms with Gasteiger partial charge in [0.2, 0.25) is 5.13 Å². The summed E-state index contributed by atoms with van der Waals surface area (Å²) in [5.74, 6) is 0.646. The molecule has 0 aromatic carbocycles. The number of nitrogens with zero attached hydrogens (tertiary/aromatic N) is 5. The minimum atomic E-state index is -0.241. The van der Waals surface area contributed by atoms with Gasteiger partial charge in [-0.25, -0.2) is 9.97 Å². The van der Waals surface area contributed by atoms with Crippen LogP contribution in [0.2, 0.25) is 0 Å². The summed E-state index contributed by atoms with van der Waals surface area (Å²) in [6.07, 6.45) is 5.21. The van der Waals surface area contributed by atoms with Gasteiger partial charge in [0, 0.05) is 13.1 Å². The molecule has 1 atom stereocenters. The Morgan fingerprint density at radius 3 is 2.95 bits per heavy atom. The van der Waals surface area contributed by atoms with Crippen molar-refractivity contribution in [3.8, 4) is 5.13 Å². The molecule has 1 aliphatic rings. The molecule has 0 saturated heterocycles. The minimum Gasteiger partial charge on any atom is -0.338 e. The van der Waals surface area contributed by atoms with E-state index in [0.717, 1.165) is 12.8 Å². The highest BCUT2D eigenvalue weighted by Gasteiger charge is 2.31. The molecule has 0 unspecified atom stereocenters. The number of nitrogens with two attached hydrogens (primary N) is 1. The quantitative estimate of drug-likeness (QED) is 0.907. The van der Waals surface area contributed by atoms with Crippen molar-refractivity contribution in [3.05, 3.63) is 23.2 Å². The molecule has 1 aliphatic carbocycles. The number of carbonyl (C=O) groups excluding carboxylic acids is 1. The maximum Gasteiger partial charge on any atom is 0.265 e. The summed E-state index contributed by atoms with van der Waals surface area (Å²) in [6, 6.07) is 0.147. The van der Waals surface area contributed by atoms with Crippen molar-refractivity contribution in [3.63, 3.8) is 0 Å². The van der Waals surface area contributed by atoms with E-state index in [0.29, 0.717) is 21.9 Å². The molecule has 2 aromatic rings. The first-order chi connectivity index (χ1) is 9.58. The molecule has 7 nitrogen and oxygen atoms in total. The summed E-state index contributed by atoms with van der Waals surface area (Å²) in [7, 11) is 1.84. The van der Waals surface area contributed by atoms with Crippen LogP contribution in [0.25, 0.3) is 5.13 Å². The van der Waals surface area contributed by atoms with Gasteiger partial charge in [0.15, 0.2) is 5.82 Å². The highest BCUT2D eigenvalue weighted by Crippen LogP contribution is 2.28. The van der Waals surface area contributed by atoms with Crippen LogP contribution in [0.4, 0.5) is 0 Å². The lowest BCUT2D eigenvalue weighted by atomic mass is 10.3. The van der Waals surface area contributed by atoms with Crippen molar-refractivity contribution >= 4 is 17.2 Å². The Labute approximate surface area is 120 Å². The van der Waals surface area contributed by atoms with Gasteiger partial charge >= 0.3 is 0 Å². The third-order valence-electron chi connectivity index (χ3n) is 3.28. The Morgan fingerprint density at radius 2 is 2.30 bits per heavy atom. The van der Waals surface area contributed by atoms with E-state index in [1.54, 1.807) is 15.8 Å². The first kappa shape index (κ1) is 13.2. The number of amides is 1. The molecule has 1 amide bonds. The van der Waals surface area contributed by atoms with E-state index in [9.17, 15) is 4.79 Å². The molecule has 8 heteroatoms. The predicted molar refractivity (Wildman–Crippen MR) is 74.7 cm³/mol. The molecule has 20 heavy (non-hydrogen) atoms. The summed E-state index contributed by atoms with van der Waals surface area (Å²) < 4.78 is 1.59. The SMILES string of the molecule is C[C@H](N)c1ncnn1-c1ncc(C(=O)N(C)C2CC2)s1. The van der Waals surface area contributed by atoms with Crippen molar-refractivity contribution in [2.24, 2.45) is 5.73 Å². The Bertz CT molecular complexity index is 629. The van der Waals surface area contributed by atoms with Crippen LogP contribution in [-0.2, 0) is 0 Å². The van der Waals surface area contributed by atoms with Gasteiger partial charge in [0.25, 0.3) is 5.91 Å². The molecule has 0 aliphatic heterocycles. The number of hydrogen-bond donors (Lipinski definition) is 1. The molecule has 106 valence electrons. The molecule has 0 spiro atoms. The maximum atomic E-state index is 12.3. The Hall–Kier alpha value is -1.80. The molecule has 1 fully saturated rings. The Kier molecular flexibility index (Phi) is 3.27. The van der Waals surface area contributed by atoms with Crippen LogP contribution in [-0.4, -0.2) is 43.6 Å². The number of hydrogen-bond acceptors (Lipinski definition) is 6. The largest absolute Gasteiger partial charge is 0.338 e. The molecule has 3 rings (SSSR count). The molecule has 2 N–H and O–H groups in total. The lowest BCUT2D eigenvalue weighted by Gasteiger charge is -2.14. The summed E-state index contributed by atoms with van der Waals surface area (Å²) in [5.41, 5.74) is 5.84. The zero-order chi connectivity index (χ0) is 14.3. The third kappa shape index (κ3) is 2.32. The van der Waals surface area contributed by atoms with E-state index in [4.69, 9.17) is 5.73 Å². The summed E-state index contributed by atoms with van der Waals surface area (Å²) >= 11 is 1.31. The van der Waals surface area contributed by atoms with Crippen molar-refractivity contribution in [2.45, 2.75) is 31.8 Å². The van der Waals surface area contributed by atoms with Crippen LogP contribution in [0.3, 0.4) is 0 Å². The smallest absolute Gasteiger partial charge is 0.265 e. The van der Waals surface area contributed by atoms with Gasteiger partial charge in [0.1, 0.15) is 11.2 Å². The van der Waals surface area contributed by atoms with Crippen molar-refractivity contribution in [1.29, 1.82) is 0 Å². The average molecular weight is 292 g/mol. The van der Waals surface area contributed by atoms with E-state index in [1.165, 1.54) is 17.7 Å². The highest BCUT2D eigenvalue weighted by atomic mass is 32.1. The van der Waals surface area contributed by atoms with Gasteiger partial charge in [0.05, 0.1) is 12.2 Å². The fourth-order valence-electron chi connectivity index (χ4n) is 1.97. The molecular formula is C12H16N6OS. The van der Waals surface area contributed by atoms with Crippen LogP contribution in [0, 0.1) is 0 Å². The number of thiazole rings is 1. The zero-order valence-corrected chi connectivity index (χ0v) is 12.2. The van der Waals surface area contributed by atoms with Gasteiger partial charge in [-0.3, -0.25) is 4.79 Å². The zero-order valence-electron chi connectivity index (χ0n) is 11.4. The highest BCUT2D eigenvalue weighted by molar-refractivity contribution is 7.16. The van der Waals surface area contributed by atoms with Gasteiger partial charge in [-0.2, -0.15) is 9.78 Å². The molecule has 0 bridgehead atoms. The van der Waals surface area contributed by atoms with Crippen molar-refractivity contribution in [1.82, 2.24) is 24.6 Å². The first-order valence-corrected chi connectivity index (χ1v) is 7.28. The lowest BCUT2D eigenvalue weighted by molar-refractivity contribution is 0.0789. The first-order valence-electron chi connectivity index (χ1n) is 6.46. The number of aromatic nitrogens is 4. The molecule has 2 aromatic heterocycles. The van der Waals surface area contributed by atoms with E-state index >= 15 is 0 Å². The third-order valence-corrected chi connectivity index (χ3v) is 4.24. The second-order valence-electron chi connectivity index (χ2n) is 4.97. The summed E-state index contributed by atoms with van der Waals surface area (Å²) in [6.45, 7) is 1.83. The fraction of sp³-hybridized carbons (Fsp3) is 0.500. The Morgan fingerprint density at radius 1 is 1.55 bits per heavy atom. The van der Waals surface area contributed by atoms with Crippen LogP contribution >= 0.6 is 11.3 Å². The van der Waals surface area contributed by atoms with E-state index in [2.05, 4.69) is 15.1 Å². The second-order valence-corrected chi connectivity index (χ2v) is 5.98. The van der Waals surface area contributed by atoms with Gasteiger partial charge < -0.3 is 10.6 Å². The molecular weight excluding hydrogens is 276 g/mol. The van der Waals surface area contributed by atoms with Crippen LogP contribution in [0.1, 0.15) is 41.3 Å². The van der Waals surface area contributed by atoms with Crippen LogP contribution in [0.5, 0.6) is 0 Å². The topological polar surface area (TPSA) is 89.9 Å². The standard InChI is InChI=1S/C12H16N6OS/c1-7(13)10-15-6-16-18(10)12-14-5-9(20-12)11(19)17(2)8-3-4-8/h5-8H,3-4,13H2,1-2H3/t7-/m0/s1. The van der Waals surface area contributed by atoms with Gasteiger partial charge in [-0.1, -0.05) is 11.3 Å². The van der Waals surface area contributed by atoms with Crippen LogP contribution in [0.15, 0.2) is 12.5 Å². The normalized spacial score (nSPS) is 16.1. The van der Waals surface area contributed by atoms with E-state index < -0.39 is 0 Å². The lowest BCUT2D eigenvalue weighted by Crippen LogP contribution is -2.27. The average Bonchev–Trinajstić information content (AvgIpc) is 2.96. The number of rotatable bonds is 4. The molecule has 2 heterocycles. The minimum absolute atomic E-state index is 0.0127. The molecule has 1 saturated carbocycles. The Balaban J connectivity index is 1.86.